The van der Waals surface area contributed by atoms with E-state index < -0.39 is 0 Å². The zero-order chi connectivity index (χ0) is 22.5. The van der Waals surface area contributed by atoms with Crippen LogP contribution in [-0.4, -0.2) is 61.8 Å². The van der Waals surface area contributed by atoms with E-state index in [2.05, 4.69) is 50.8 Å². The largest absolute Gasteiger partial charge is 0.395 e. The molecule has 1 aliphatic heterocycles. The normalized spacial score (nSPS) is 15.1. The average Bonchev–Trinajstić information content (AvgIpc) is 3.29. The van der Waals surface area contributed by atoms with Crippen molar-refractivity contribution in [1.29, 1.82) is 0 Å². The summed E-state index contributed by atoms with van der Waals surface area (Å²) in [5, 5.41) is 16.0. The Hall–Kier alpha value is -3.49. The molecule has 0 bridgehead atoms. The quantitative estimate of drug-likeness (QED) is 0.385. The van der Waals surface area contributed by atoms with E-state index in [9.17, 15) is 5.11 Å². The van der Waals surface area contributed by atoms with E-state index in [1.165, 1.54) is 5.56 Å². The summed E-state index contributed by atoms with van der Waals surface area (Å²) in [7, 11) is 0. The molecular weight excluding hydrogens is 414 g/mol. The predicted octanol–water partition coefficient (Wildman–Crippen LogP) is 3.30. The zero-order valence-corrected chi connectivity index (χ0v) is 18.6. The Kier molecular flexibility index (Phi) is 6.46. The van der Waals surface area contributed by atoms with Crippen molar-refractivity contribution in [2.45, 2.75) is 25.4 Å². The molecule has 8 heteroatoms. The van der Waals surface area contributed by atoms with Crippen molar-refractivity contribution >= 4 is 22.9 Å². The molecule has 170 valence electrons. The third kappa shape index (κ3) is 4.97. The first-order valence-electron chi connectivity index (χ1n) is 11.5. The number of nitrogens with one attached hydrogen (secondary N) is 2. The van der Waals surface area contributed by atoms with Crippen LogP contribution >= 0.6 is 0 Å². The standard InChI is InChI=1S/C25H29N7O/c33-16-13-26-23-22-24(32(18-27-22)21-9-5-2-6-10-21)30-25(29-23)28-20-11-14-31(15-12-20)17-19-7-3-1-4-8-19/h1-10,18,20,33H,11-17H2,(H2,26,28,29,30). The van der Waals surface area contributed by atoms with Crippen LogP contribution in [0.25, 0.3) is 16.9 Å². The van der Waals surface area contributed by atoms with E-state index in [0.717, 1.165) is 43.8 Å². The molecule has 0 unspecified atom stereocenters. The molecular formula is C25H29N7O. The van der Waals surface area contributed by atoms with Crippen molar-refractivity contribution in [3.63, 3.8) is 0 Å². The van der Waals surface area contributed by atoms with Gasteiger partial charge in [0.2, 0.25) is 5.95 Å². The maximum absolute atomic E-state index is 9.29. The number of imidazole rings is 1. The van der Waals surface area contributed by atoms with Crippen LogP contribution in [0.3, 0.4) is 0 Å². The van der Waals surface area contributed by atoms with Gasteiger partial charge < -0.3 is 15.7 Å². The smallest absolute Gasteiger partial charge is 0.227 e. The van der Waals surface area contributed by atoms with E-state index in [1.54, 1.807) is 6.33 Å². The second-order valence-corrected chi connectivity index (χ2v) is 8.35. The topological polar surface area (TPSA) is 91.1 Å². The summed E-state index contributed by atoms with van der Waals surface area (Å²) in [6.45, 7) is 3.48. The van der Waals surface area contributed by atoms with Gasteiger partial charge >= 0.3 is 0 Å². The van der Waals surface area contributed by atoms with Crippen molar-refractivity contribution < 1.29 is 5.11 Å². The molecule has 1 fully saturated rings. The summed E-state index contributed by atoms with van der Waals surface area (Å²) in [6.07, 6.45) is 3.84. The van der Waals surface area contributed by atoms with Gasteiger partial charge in [-0.15, -0.1) is 0 Å². The van der Waals surface area contributed by atoms with Crippen LogP contribution in [0.5, 0.6) is 0 Å². The van der Waals surface area contributed by atoms with Gasteiger partial charge in [0.25, 0.3) is 0 Å². The highest BCUT2D eigenvalue weighted by Gasteiger charge is 2.21. The minimum Gasteiger partial charge on any atom is -0.395 e. The fourth-order valence-electron chi connectivity index (χ4n) is 4.30. The molecule has 0 spiro atoms. The number of aliphatic hydroxyl groups is 1. The van der Waals surface area contributed by atoms with Crippen LogP contribution < -0.4 is 10.6 Å². The molecule has 3 heterocycles. The number of fused-ring (bicyclic) bond motifs is 1. The summed E-state index contributed by atoms with van der Waals surface area (Å²) in [5.74, 6) is 1.22. The van der Waals surface area contributed by atoms with Gasteiger partial charge in [-0.3, -0.25) is 9.47 Å². The lowest BCUT2D eigenvalue weighted by Crippen LogP contribution is -2.39. The van der Waals surface area contributed by atoms with E-state index in [1.807, 2.05) is 34.9 Å². The molecule has 2 aromatic heterocycles. The van der Waals surface area contributed by atoms with Gasteiger partial charge in [0, 0.05) is 37.9 Å². The van der Waals surface area contributed by atoms with E-state index >= 15 is 0 Å². The van der Waals surface area contributed by atoms with Crippen molar-refractivity contribution in [3.05, 3.63) is 72.6 Å². The predicted molar refractivity (Wildman–Crippen MR) is 131 cm³/mol. The number of para-hydroxylation sites is 1. The Labute approximate surface area is 193 Å². The van der Waals surface area contributed by atoms with E-state index in [0.29, 0.717) is 29.9 Å². The molecule has 33 heavy (non-hydrogen) atoms. The number of rotatable bonds is 8. The Morgan fingerprint density at radius 2 is 1.67 bits per heavy atom. The van der Waals surface area contributed by atoms with Crippen molar-refractivity contribution in [2.24, 2.45) is 0 Å². The number of hydrogen-bond donors (Lipinski definition) is 3. The molecule has 3 N–H and O–H groups in total. The van der Waals surface area contributed by atoms with Crippen LogP contribution in [0, 0.1) is 0 Å². The maximum Gasteiger partial charge on any atom is 0.227 e. The number of hydrogen-bond acceptors (Lipinski definition) is 7. The molecule has 0 amide bonds. The fraction of sp³-hybridized carbons (Fsp3) is 0.320. The van der Waals surface area contributed by atoms with Gasteiger partial charge in [0.1, 0.15) is 6.33 Å². The third-order valence-corrected chi connectivity index (χ3v) is 6.00. The van der Waals surface area contributed by atoms with Crippen molar-refractivity contribution in [2.75, 3.05) is 36.9 Å². The summed E-state index contributed by atoms with van der Waals surface area (Å²) in [5.41, 5.74) is 3.77. The second-order valence-electron chi connectivity index (χ2n) is 8.35. The Morgan fingerprint density at radius 3 is 2.39 bits per heavy atom. The molecule has 8 nitrogen and oxygen atoms in total. The Morgan fingerprint density at radius 1 is 0.939 bits per heavy atom. The number of piperidine rings is 1. The van der Waals surface area contributed by atoms with Crippen molar-refractivity contribution in [1.82, 2.24) is 24.4 Å². The molecule has 1 aliphatic rings. The number of aliphatic hydroxyl groups excluding tert-OH is 1. The Balaban J connectivity index is 1.33. The number of likely N-dealkylation sites (tertiary alicyclic amines) is 1. The molecule has 5 rings (SSSR count). The lowest BCUT2D eigenvalue weighted by atomic mass is 10.0. The van der Waals surface area contributed by atoms with Gasteiger partial charge in [-0.1, -0.05) is 48.5 Å². The van der Waals surface area contributed by atoms with Gasteiger partial charge in [-0.25, -0.2) is 4.98 Å². The first-order chi connectivity index (χ1) is 16.3. The van der Waals surface area contributed by atoms with Crippen molar-refractivity contribution in [3.8, 4) is 5.69 Å². The molecule has 0 aliphatic carbocycles. The monoisotopic (exact) mass is 443 g/mol. The second kappa shape index (κ2) is 9.97. The molecule has 1 saturated heterocycles. The van der Waals surface area contributed by atoms with Gasteiger partial charge in [-0.2, -0.15) is 9.97 Å². The molecule has 0 atom stereocenters. The first-order valence-corrected chi connectivity index (χ1v) is 11.5. The maximum atomic E-state index is 9.29. The summed E-state index contributed by atoms with van der Waals surface area (Å²) >= 11 is 0. The SMILES string of the molecule is OCCNc1nc(NC2CCN(Cc3ccccc3)CC2)nc2c1ncn2-c1ccccc1. The van der Waals surface area contributed by atoms with Gasteiger partial charge in [-0.05, 0) is 30.5 Å². The fourth-order valence-corrected chi connectivity index (χ4v) is 4.30. The summed E-state index contributed by atoms with van der Waals surface area (Å²) < 4.78 is 1.97. The molecule has 4 aromatic rings. The highest BCUT2D eigenvalue weighted by atomic mass is 16.3. The highest BCUT2D eigenvalue weighted by Crippen LogP contribution is 2.25. The Bertz CT molecular complexity index is 1170. The average molecular weight is 444 g/mol. The van der Waals surface area contributed by atoms with Crippen LogP contribution in [0.2, 0.25) is 0 Å². The zero-order valence-electron chi connectivity index (χ0n) is 18.6. The minimum atomic E-state index is 0.0214. The third-order valence-electron chi connectivity index (χ3n) is 6.00. The van der Waals surface area contributed by atoms with E-state index in [4.69, 9.17) is 9.97 Å². The lowest BCUT2D eigenvalue weighted by Gasteiger charge is -2.32. The number of nitrogens with zero attached hydrogens (tertiary/aromatic N) is 5. The van der Waals surface area contributed by atoms with Crippen LogP contribution in [0.15, 0.2) is 67.0 Å². The minimum absolute atomic E-state index is 0.0214. The number of aromatic nitrogens is 4. The molecule has 0 saturated carbocycles. The van der Waals surface area contributed by atoms with Gasteiger partial charge in [0.15, 0.2) is 17.0 Å². The first kappa shape index (κ1) is 21.4. The molecule has 2 aromatic carbocycles. The van der Waals surface area contributed by atoms with E-state index in [-0.39, 0.29) is 6.61 Å². The van der Waals surface area contributed by atoms with Crippen LogP contribution in [0.4, 0.5) is 11.8 Å². The number of anilines is 2. The summed E-state index contributed by atoms with van der Waals surface area (Å²) in [6, 6.07) is 21.0. The number of benzene rings is 2. The lowest BCUT2D eigenvalue weighted by molar-refractivity contribution is 0.211. The highest BCUT2D eigenvalue weighted by molar-refractivity contribution is 5.85. The van der Waals surface area contributed by atoms with Crippen LogP contribution in [0.1, 0.15) is 18.4 Å². The molecule has 0 radical (unpaired) electrons. The van der Waals surface area contributed by atoms with Gasteiger partial charge in [0.05, 0.1) is 6.61 Å². The summed E-state index contributed by atoms with van der Waals surface area (Å²) in [4.78, 5) is 16.6. The van der Waals surface area contributed by atoms with Crippen LogP contribution in [-0.2, 0) is 6.54 Å².